The number of halogens is 1. The second kappa shape index (κ2) is 13.9. The van der Waals surface area contributed by atoms with Gasteiger partial charge in [0.25, 0.3) is 0 Å². The van der Waals surface area contributed by atoms with Gasteiger partial charge in [0, 0.05) is 31.0 Å². The van der Waals surface area contributed by atoms with Gasteiger partial charge >= 0.3 is 99.8 Å². The van der Waals surface area contributed by atoms with Crippen molar-refractivity contribution in [2.45, 2.75) is 49.4 Å². The van der Waals surface area contributed by atoms with Crippen LogP contribution in [0.25, 0.3) is 42.7 Å². The molecule has 2 nitrogen and oxygen atoms in total. The first kappa shape index (κ1) is 31.7. The second-order valence-electron chi connectivity index (χ2n) is 12.2. The van der Waals surface area contributed by atoms with Crippen molar-refractivity contribution in [2.24, 2.45) is 5.92 Å². The molecule has 6 aromatic rings. The van der Waals surface area contributed by atoms with Crippen LogP contribution in [-0.2, 0) is 26.5 Å². The maximum atomic E-state index is 13.5. The van der Waals surface area contributed by atoms with E-state index in [0.29, 0.717) is 0 Å². The van der Waals surface area contributed by atoms with Crippen molar-refractivity contribution >= 4 is 49.2 Å². The van der Waals surface area contributed by atoms with Crippen LogP contribution in [-0.4, -0.2) is 23.2 Å². The molecule has 0 N–H and O–H groups in total. The maximum Gasteiger partial charge on any atom is 0 e. The Morgan fingerprint density at radius 2 is 1.67 bits per heavy atom. The van der Waals surface area contributed by atoms with Crippen molar-refractivity contribution < 1.29 is 24.5 Å². The van der Waals surface area contributed by atoms with E-state index in [9.17, 15) is 4.39 Å². The molecule has 0 atom stereocenters. The Morgan fingerprint density at radius 3 is 2.40 bits per heavy atom. The fraction of sp³-hybridized carbons (Fsp3) is 0.243. The van der Waals surface area contributed by atoms with Gasteiger partial charge in [0.1, 0.15) is 5.82 Å². The van der Waals surface area contributed by atoms with Crippen LogP contribution < -0.4 is 4.40 Å². The molecule has 221 valence electrons. The molecule has 1 radical (unpaired) electrons. The predicted octanol–water partition coefficient (Wildman–Crippen LogP) is 9.88. The molecular formula is C37H35FGeIrN2S-2. The molecule has 7 rings (SSSR count). The quantitative estimate of drug-likeness (QED) is 0.128. The Labute approximate surface area is 274 Å². The molecule has 6 heteroatoms. The predicted molar refractivity (Wildman–Crippen MR) is 179 cm³/mol. The van der Waals surface area contributed by atoms with E-state index in [2.05, 4.69) is 69.7 Å². The van der Waals surface area contributed by atoms with Crippen LogP contribution in [0.4, 0.5) is 4.39 Å². The summed E-state index contributed by atoms with van der Waals surface area (Å²) >= 11 is -0.103. The molecule has 1 aliphatic carbocycles. The number of pyridine rings is 2. The summed E-state index contributed by atoms with van der Waals surface area (Å²) in [5, 5.41) is 2.26. The van der Waals surface area contributed by atoms with Crippen LogP contribution in [0.2, 0.25) is 17.3 Å². The molecule has 0 aliphatic heterocycles. The smallest absolute Gasteiger partial charge is 0 e. The number of aromatic nitrogens is 2. The normalized spacial score (nSPS) is 13.5. The van der Waals surface area contributed by atoms with Crippen LogP contribution >= 0.6 is 11.3 Å². The van der Waals surface area contributed by atoms with Gasteiger partial charge < -0.3 is 4.98 Å². The number of nitrogens with zero attached hydrogens (tertiary/aromatic N) is 2. The van der Waals surface area contributed by atoms with Gasteiger partial charge in [-0.2, -0.15) is 11.3 Å². The van der Waals surface area contributed by atoms with Gasteiger partial charge in [0.05, 0.1) is 0 Å². The summed E-state index contributed by atoms with van der Waals surface area (Å²) in [5.41, 5.74) is 5.43. The van der Waals surface area contributed by atoms with Gasteiger partial charge in [-0.25, -0.2) is 4.39 Å². The summed E-state index contributed by atoms with van der Waals surface area (Å²) in [7, 11) is 0. The Morgan fingerprint density at radius 1 is 0.837 bits per heavy atom. The van der Waals surface area contributed by atoms with E-state index in [0.717, 1.165) is 55.0 Å². The fourth-order valence-corrected chi connectivity index (χ4v) is 8.95. The first-order valence-electron chi connectivity index (χ1n) is 14.8. The van der Waals surface area contributed by atoms with Gasteiger partial charge in [-0.05, 0) is 46.3 Å². The van der Waals surface area contributed by atoms with E-state index in [-0.39, 0.29) is 25.9 Å². The van der Waals surface area contributed by atoms with Crippen molar-refractivity contribution in [1.82, 2.24) is 9.97 Å². The second-order valence-corrected chi connectivity index (χ2v) is 24.0. The van der Waals surface area contributed by atoms with E-state index in [4.69, 9.17) is 0 Å². The van der Waals surface area contributed by atoms with Crippen molar-refractivity contribution in [3.8, 4) is 22.5 Å². The Balaban J connectivity index is 0.000000188. The Kier molecular flexibility index (Phi) is 10.3. The van der Waals surface area contributed by atoms with Gasteiger partial charge in [0.15, 0.2) is 0 Å². The van der Waals surface area contributed by atoms with Crippen molar-refractivity contribution in [3.63, 3.8) is 0 Å². The molecule has 0 bridgehead atoms. The molecule has 1 saturated carbocycles. The van der Waals surface area contributed by atoms with Crippen molar-refractivity contribution in [3.05, 3.63) is 115 Å². The Hall–Kier alpha value is -2.70. The van der Waals surface area contributed by atoms with Gasteiger partial charge in [-0.1, -0.05) is 48.8 Å². The summed E-state index contributed by atoms with van der Waals surface area (Å²) in [6.07, 6.45) is 10.6. The number of fused-ring (bicyclic) bond motifs is 3. The standard InChI is InChI=1S/C23H19FNS.C14H16GeN.Ir/c24-18-6-7-19-20-13-17(5-8-22(20)26-23(19)14-18)21-12-16(9-10-25-21)11-15-3-1-2-4-15;1-15(2,3)13-9-10-14(16-11-13)12-7-5-4-6-8-12;/h6-10,12-15H,1-4,11H2;4-7,9-11H,1-3H3;/q2*-1;. The zero-order chi connectivity index (χ0) is 29.1. The minimum atomic E-state index is -1.72. The molecule has 0 amide bonds. The number of hydrogen-bond donors (Lipinski definition) is 0. The van der Waals surface area contributed by atoms with E-state index < -0.39 is 13.3 Å². The number of hydrogen-bond acceptors (Lipinski definition) is 3. The van der Waals surface area contributed by atoms with Crippen LogP contribution in [0.5, 0.6) is 0 Å². The van der Waals surface area contributed by atoms with Crippen LogP contribution in [0.3, 0.4) is 0 Å². The SMILES string of the molecule is Fc1ccc2c(c1)sc1c[c-]c(-c3cc(CC4CCCC4)ccn3)cc12.[CH3][Ge]([CH3])([CH3])[c]1ccc(-c2[c-]cccc2)nc1.[Ir]. The molecule has 0 spiro atoms. The van der Waals surface area contributed by atoms with E-state index in [1.54, 1.807) is 17.4 Å². The van der Waals surface area contributed by atoms with Gasteiger partial charge in [-0.15, -0.1) is 23.8 Å². The van der Waals surface area contributed by atoms with Crippen molar-refractivity contribution in [1.29, 1.82) is 0 Å². The molecule has 3 aromatic heterocycles. The zero-order valence-electron chi connectivity index (χ0n) is 24.8. The molecule has 1 aliphatic rings. The number of rotatable bonds is 5. The average Bonchev–Trinajstić information content (AvgIpc) is 3.64. The largest absolute Gasteiger partial charge is 0 e. The summed E-state index contributed by atoms with van der Waals surface area (Å²) in [4.78, 5) is 9.11. The molecule has 0 saturated heterocycles. The van der Waals surface area contributed by atoms with Crippen LogP contribution in [0, 0.1) is 23.9 Å². The van der Waals surface area contributed by atoms with Crippen LogP contribution in [0.15, 0.2) is 91.3 Å². The van der Waals surface area contributed by atoms with Gasteiger partial charge in [-0.3, -0.25) is 0 Å². The maximum absolute atomic E-state index is 13.5. The zero-order valence-corrected chi connectivity index (χ0v) is 30.1. The van der Waals surface area contributed by atoms with E-state index in [1.807, 2.05) is 48.8 Å². The molecule has 1 fully saturated rings. The third-order valence-corrected chi connectivity index (χ3v) is 13.5. The third kappa shape index (κ3) is 7.69. The number of benzene rings is 3. The van der Waals surface area contributed by atoms with Crippen LogP contribution in [0.1, 0.15) is 31.2 Å². The molecule has 3 aromatic carbocycles. The molecule has 3 heterocycles. The van der Waals surface area contributed by atoms with Crippen molar-refractivity contribution in [2.75, 3.05) is 0 Å². The molecular weight excluding hydrogens is 788 g/mol. The topological polar surface area (TPSA) is 25.8 Å². The summed E-state index contributed by atoms with van der Waals surface area (Å²) in [6.45, 7) is 0. The Bertz CT molecular complexity index is 1810. The monoisotopic (exact) mass is 825 g/mol. The summed E-state index contributed by atoms with van der Waals surface area (Å²) in [6, 6.07) is 32.4. The summed E-state index contributed by atoms with van der Waals surface area (Å²) < 4.78 is 17.1. The third-order valence-electron chi connectivity index (χ3n) is 8.08. The van der Waals surface area contributed by atoms with Gasteiger partial charge in [0.2, 0.25) is 0 Å². The molecule has 43 heavy (non-hydrogen) atoms. The first-order chi connectivity index (χ1) is 20.3. The summed E-state index contributed by atoms with van der Waals surface area (Å²) in [5.74, 6) is 7.78. The minimum absolute atomic E-state index is 0. The minimum Gasteiger partial charge on any atom is 0 e. The molecule has 0 unspecified atom stereocenters. The van der Waals surface area contributed by atoms with E-state index >= 15 is 0 Å². The first-order valence-corrected chi connectivity index (χ1v) is 22.9. The van der Waals surface area contributed by atoms with E-state index in [1.165, 1.54) is 41.7 Å². The average molecular weight is 824 g/mol. The number of thiophene rings is 1. The fourth-order valence-electron chi connectivity index (χ4n) is 5.69.